The summed E-state index contributed by atoms with van der Waals surface area (Å²) in [5, 5.41) is 0. The van der Waals surface area contributed by atoms with Gasteiger partial charge in [-0.05, 0) is 34.6 Å². The molecule has 0 saturated heterocycles. The molecule has 1 nitrogen and oxygen atoms in total. The Morgan fingerprint density at radius 2 is 1.71 bits per heavy atom. The van der Waals surface area contributed by atoms with E-state index in [0.29, 0.717) is 0 Å². The molecule has 1 aliphatic rings. The van der Waals surface area contributed by atoms with E-state index in [9.17, 15) is 4.79 Å². The van der Waals surface area contributed by atoms with Crippen molar-refractivity contribution < 1.29 is 4.79 Å². The number of carbonyl (C=O) groups excluding carboxylic acids is 1. The molecule has 0 spiro atoms. The molecule has 0 bridgehead atoms. The zero-order valence-corrected chi connectivity index (χ0v) is 11.1. The molecule has 2 rings (SSSR count). The van der Waals surface area contributed by atoms with E-state index in [1.807, 2.05) is 6.92 Å². The van der Waals surface area contributed by atoms with Crippen molar-refractivity contribution in [3.63, 3.8) is 0 Å². The predicted octanol–water partition coefficient (Wildman–Crippen LogP) is 3.98. The lowest BCUT2D eigenvalue weighted by molar-refractivity contribution is -0.116. The monoisotopic (exact) mass is 228 g/mol. The molecule has 0 radical (unpaired) electrons. The van der Waals surface area contributed by atoms with Gasteiger partial charge < -0.3 is 0 Å². The summed E-state index contributed by atoms with van der Waals surface area (Å²) >= 11 is 0. The first-order chi connectivity index (χ1) is 7.88. The van der Waals surface area contributed by atoms with Crippen molar-refractivity contribution in [1.82, 2.24) is 0 Å². The summed E-state index contributed by atoms with van der Waals surface area (Å²) < 4.78 is 0. The fourth-order valence-corrected chi connectivity index (χ4v) is 2.19. The van der Waals surface area contributed by atoms with Crippen LogP contribution in [0.3, 0.4) is 0 Å². The molecule has 17 heavy (non-hydrogen) atoms. The maximum atomic E-state index is 11.5. The number of carbonyl (C=O) groups is 1. The maximum absolute atomic E-state index is 11.5. The highest BCUT2D eigenvalue weighted by molar-refractivity contribution is 6.03. The molecule has 0 saturated carbocycles. The molecular formula is C16H20O. The summed E-state index contributed by atoms with van der Waals surface area (Å²) in [4.78, 5) is 11.5. The van der Waals surface area contributed by atoms with Crippen molar-refractivity contribution in [2.75, 3.05) is 0 Å². The van der Waals surface area contributed by atoms with Crippen molar-refractivity contribution in [3.8, 4) is 0 Å². The van der Waals surface area contributed by atoms with Crippen molar-refractivity contribution in [1.29, 1.82) is 0 Å². The van der Waals surface area contributed by atoms with Gasteiger partial charge >= 0.3 is 0 Å². The van der Waals surface area contributed by atoms with Gasteiger partial charge in [0, 0.05) is 5.92 Å². The quantitative estimate of drug-likeness (QED) is 0.710. The van der Waals surface area contributed by atoms with E-state index in [-0.39, 0.29) is 17.1 Å². The summed E-state index contributed by atoms with van der Waals surface area (Å²) in [5.41, 5.74) is 3.89. The van der Waals surface area contributed by atoms with Gasteiger partial charge in [-0.15, -0.1) is 0 Å². The minimum absolute atomic E-state index is 0.160. The number of ketones is 1. The third kappa shape index (κ3) is 2.49. The van der Waals surface area contributed by atoms with Crippen LogP contribution in [-0.4, -0.2) is 5.78 Å². The molecule has 0 aromatic heterocycles. The molecule has 90 valence electrons. The van der Waals surface area contributed by atoms with Crippen LogP contribution in [0, 0.1) is 5.92 Å². The van der Waals surface area contributed by atoms with Crippen LogP contribution in [0.4, 0.5) is 0 Å². The van der Waals surface area contributed by atoms with E-state index in [1.54, 1.807) is 6.08 Å². The molecule has 1 aliphatic carbocycles. The highest BCUT2D eigenvalue weighted by Crippen LogP contribution is 2.31. The molecule has 0 fully saturated rings. The fourth-order valence-electron chi connectivity index (χ4n) is 2.19. The number of hydrogen-bond acceptors (Lipinski definition) is 1. The minimum Gasteiger partial charge on any atom is -0.295 e. The van der Waals surface area contributed by atoms with Gasteiger partial charge in [-0.1, -0.05) is 52.0 Å². The highest BCUT2D eigenvalue weighted by atomic mass is 16.1. The van der Waals surface area contributed by atoms with E-state index in [4.69, 9.17) is 0 Å². The number of hydrogen-bond donors (Lipinski definition) is 0. The fraction of sp³-hybridized carbons (Fsp3) is 0.438. The zero-order chi connectivity index (χ0) is 12.6. The van der Waals surface area contributed by atoms with Gasteiger partial charge in [0.2, 0.25) is 0 Å². The molecule has 1 aromatic rings. The maximum Gasteiger partial charge on any atom is 0.159 e. The Kier molecular flexibility index (Phi) is 2.94. The Morgan fingerprint density at radius 1 is 1.12 bits per heavy atom. The molecule has 1 atom stereocenters. The number of allylic oxidation sites excluding steroid dienone is 2. The third-order valence-corrected chi connectivity index (χ3v) is 3.45. The zero-order valence-electron chi connectivity index (χ0n) is 11.1. The standard InChI is InChI=1S/C16H20O/c1-11-9-13(10-15(11)17)12-5-7-14(8-6-12)16(2,3)4/h5-8,10-11H,9H2,1-4H3. The van der Waals surface area contributed by atoms with Crippen molar-refractivity contribution in [2.45, 2.75) is 39.5 Å². The molecule has 0 aliphatic heterocycles. The Bertz CT molecular complexity index is 457. The number of rotatable bonds is 1. The first-order valence-electron chi connectivity index (χ1n) is 6.23. The first kappa shape index (κ1) is 12.1. The van der Waals surface area contributed by atoms with Gasteiger partial charge in [-0.3, -0.25) is 4.79 Å². The Hall–Kier alpha value is -1.37. The molecule has 1 heteroatoms. The molecule has 0 amide bonds. The van der Waals surface area contributed by atoms with Crippen LogP contribution in [0.15, 0.2) is 30.3 Å². The summed E-state index contributed by atoms with van der Waals surface area (Å²) in [7, 11) is 0. The predicted molar refractivity (Wildman–Crippen MR) is 71.9 cm³/mol. The molecule has 1 aromatic carbocycles. The van der Waals surface area contributed by atoms with Gasteiger partial charge in [0.1, 0.15) is 0 Å². The van der Waals surface area contributed by atoms with E-state index >= 15 is 0 Å². The van der Waals surface area contributed by atoms with Crippen molar-refractivity contribution in [2.24, 2.45) is 5.92 Å². The van der Waals surface area contributed by atoms with E-state index in [2.05, 4.69) is 45.0 Å². The second kappa shape index (κ2) is 4.14. The van der Waals surface area contributed by atoms with Crippen molar-refractivity contribution in [3.05, 3.63) is 41.5 Å². The lowest BCUT2D eigenvalue weighted by atomic mass is 9.86. The normalized spacial score (nSPS) is 20.6. The second-order valence-electron chi connectivity index (χ2n) is 6.00. The molecule has 0 heterocycles. The smallest absolute Gasteiger partial charge is 0.159 e. The lowest BCUT2D eigenvalue weighted by Gasteiger charge is -2.19. The Balaban J connectivity index is 2.26. The van der Waals surface area contributed by atoms with Crippen molar-refractivity contribution >= 4 is 11.4 Å². The van der Waals surface area contributed by atoms with Crippen LogP contribution in [0.2, 0.25) is 0 Å². The van der Waals surface area contributed by atoms with Gasteiger partial charge in [-0.25, -0.2) is 0 Å². The number of benzene rings is 1. The Labute approximate surface area is 104 Å². The minimum atomic E-state index is 0.160. The molecule has 1 unspecified atom stereocenters. The molecular weight excluding hydrogens is 208 g/mol. The third-order valence-electron chi connectivity index (χ3n) is 3.45. The van der Waals surface area contributed by atoms with E-state index in [0.717, 1.165) is 6.42 Å². The lowest BCUT2D eigenvalue weighted by Crippen LogP contribution is -2.10. The first-order valence-corrected chi connectivity index (χ1v) is 6.23. The topological polar surface area (TPSA) is 17.1 Å². The summed E-state index contributed by atoms with van der Waals surface area (Å²) in [6, 6.07) is 8.61. The van der Waals surface area contributed by atoms with Crippen LogP contribution < -0.4 is 0 Å². The van der Waals surface area contributed by atoms with Crippen LogP contribution in [-0.2, 0) is 10.2 Å². The van der Waals surface area contributed by atoms with Crippen LogP contribution in [0.1, 0.15) is 45.2 Å². The van der Waals surface area contributed by atoms with Crippen LogP contribution in [0.25, 0.3) is 5.57 Å². The van der Waals surface area contributed by atoms with Gasteiger partial charge in [0.25, 0.3) is 0 Å². The average molecular weight is 228 g/mol. The average Bonchev–Trinajstić information content (AvgIpc) is 2.58. The van der Waals surface area contributed by atoms with Gasteiger partial charge in [0.05, 0.1) is 0 Å². The summed E-state index contributed by atoms with van der Waals surface area (Å²) in [6.07, 6.45) is 2.68. The highest BCUT2D eigenvalue weighted by Gasteiger charge is 2.22. The second-order valence-corrected chi connectivity index (χ2v) is 6.00. The SMILES string of the molecule is CC1CC(c2ccc(C(C)(C)C)cc2)=CC1=O. The van der Waals surface area contributed by atoms with Crippen LogP contribution >= 0.6 is 0 Å². The van der Waals surface area contributed by atoms with Gasteiger partial charge in [0.15, 0.2) is 5.78 Å². The summed E-state index contributed by atoms with van der Waals surface area (Å²) in [6.45, 7) is 8.63. The van der Waals surface area contributed by atoms with E-state index in [1.165, 1.54) is 16.7 Å². The summed E-state index contributed by atoms with van der Waals surface area (Å²) in [5.74, 6) is 0.423. The van der Waals surface area contributed by atoms with Crippen LogP contribution in [0.5, 0.6) is 0 Å². The van der Waals surface area contributed by atoms with Gasteiger partial charge in [-0.2, -0.15) is 0 Å². The van der Waals surface area contributed by atoms with E-state index < -0.39 is 0 Å². The molecule has 0 N–H and O–H groups in total. The Morgan fingerprint density at radius 3 is 2.12 bits per heavy atom. The largest absolute Gasteiger partial charge is 0.295 e.